The first-order valence-electron chi connectivity index (χ1n) is 13.0. The molecule has 0 aromatic heterocycles. The summed E-state index contributed by atoms with van der Waals surface area (Å²) in [6.45, 7) is 9.17. The number of unbranched alkanes of at least 4 members (excludes halogenated alkanes) is 1. The Morgan fingerprint density at radius 2 is 1.43 bits per heavy atom. The fraction of sp³-hybridized carbons (Fsp3) is 0.419. The van der Waals surface area contributed by atoms with Crippen molar-refractivity contribution in [1.29, 1.82) is 0 Å². The summed E-state index contributed by atoms with van der Waals surface area (Å²) in [5, 5.41) is 12.5. The van der Waals surface area contributed by atoms with Gasteiger partial charge in [0.1, 0.15) is 6.10 Å². The summed E-state index contributed by atoms with van der Waals surface area (Å²) in [6, 6.07) is 22.0. The van der Waals surface area contributed by atoms with E-state index in [9.17, 15) is 9.90 Å². The van der Waals surface area contributed by atoms with Crippen LogP contribution in [-0.4, -0.2) is 45.7 Å². The first-order chi connectivity index (χ1) is 17.7. The number of aliphatic hydroxyl groups is 1. The molecule has 0 aliphatic carbocycles. The zero-order valence-corrected chi connectivity index (χ0v) is 24.1. The highest BCUT2D eigenvalue weighted by Gasteiger charge is 2.50. The molecule has 3 aromatic carbocycles. The van der Waals surface area contributed by atoms with Crippen LogP contribution in [-0.2, 0) is 11.2 Å². The number of aliphatic hydroxyl groups excluding tert-OH is 1. The minimum absolute atomic E-state index is 0.179. The minimum atomic E-state index is -3.22. The average Bonchev–Trinajstić information content (AvgIpc) is 2.92. The third-order valence-corrected chi connectivity index (χ3v) is 11.8. The first kappa shape index (κ1) is 28.9. The van der Waals surface area contributed by atoms with Gasteiger partial charge in [-0.1, -0.05) is 87.9 Å². The first-order valence-corrected chi connectivity index (χ1v) is 15.0. The maximum absolute atomic E-state index is 12.6. The van der Waals surface area contributed by atoms with Crippen LogP contribution in [0, 0.1) is 6.92 Å². The van der Waals surface area contributed by atoms with Gasteiger partial charge in [0.25, 0.3) is 8.32 Å². The van der Waals surface area contributed by atoms with Gasteiger partial charge in [-0.05, 0) is 52.4 Å². The van der Waals surface area contributed by atoms with Crippen LogP contribution < -0.4 is 19.8 Å². The second-order valence-corrected chi connectivity index (χ2v) is 14.2. The topological polar surface area (TPSA) is 68.2 Å². The van der Waals surface area contributed by atoms with Gasteiger partial charge in [-0.15, -0.1) is 0 Å². The van der Waals surface area contributed by atoms with Gasteiger partial charge < -0.3 is 24.1 Å². The molecule has 6 heteroatoms. The summed E-state index contributed by atoms with van der Waals surface area (Å²) in [5.74, 6) is 1.12. The van der Waals surface area contributed by atoms with E-state index < -0.39 is 19.5 Å². The van der Waals surface area contributed by atoms with Crippen molar-refractivity contribution in [2.24, 2.45) is 0 Å². The van der Waals surface area contributed by atoms with Crippen LogP contribution in [0.3, 0.4) is 0 Å². The Bertz CT molecular complexity index is 1090. The number of rotatable bonds is 13. The zero-order chi connectivity index (χ0) is 27.1. The fourth-order valence-corrected chi connectivity index (χ4v) is 8.83. The number of hydrogen-bond donors (Lipinski definition) is 2. The van der Waals surface area contributed by atoms with Crippen molar-refractivity contribution >= 4 is 18.7 Å². The lowest BCUT2D eigenvalue weighted by Crippen LogP contribution is -2.65. The van der Waals surface area contributed by atoms with E-state index in [1.807, 2.05) is 73.7 Å². The van der Waals surface area contributed by atoms with Crippen LogP contribution in [0.2, 0.25) is 5.04 Å². The summed E-state index contributed by atoms with van der Waals surface area (Å²) in [7, 11) is -0.0119. The lowest BCUT2D eigenvalue weighted by molar-refractivity contribution is 0.0335. The van der Waals surface area contributed by atoms with Crippen molar-refractivity contribution in [3.63, 3.8) is 0 Å². The van der Waals surface area contributed by atoms with Crippen LogP contribution in [0.4, 0.5) is 0 Å². The van der Waals surface area contributed by atoms with Crippen LogP contribution in [0.25, 0.3) is 0 Å². The Balaban J connectivity index is 2.09. The number of ether oxygens (including phenoxy) is 3. The molecule has 37 heavy (non-hydrogen) atoms. The highest BCUT2D eigenvalue weighted by atomic mass is 28.4. The monoisotopic (exact) mass is 522 g/mol. The van der Waals surface area contributed by atoms with Crippen LogP contribution in [0.5, 0.6) is 11.5 Å². The molecule has 0 amide bonds. The Morgan fingerprint density at radius 3 is 1.92 bits per heavy atom. The number of hydrogen-bond acceptors (Lipinski definition) is 5. The van der Waals surface area contributed by atoms with Crippen molar-refractivity contribution in [3.8, 4) is 11.5 Å². The maximum Gasteiger partial charge on any atom is 0.258 e. The predicted octanol–water partition coefficient (Wildman–Crippen LogP) is 4.94. The highest BCUT2D eigenvalue weighted by molar-refractivity contribution is 6.98. The van der Waals surface area contributed by atoms with Gasteiger partial charge in [0.15, 0.2) is 11.5 Å². The minimum Gasteiger partial charge on any atom is -0.493 e. The molecule has 5 nitrogen and oxygen atoms in total. The van der Waals surface area contributed by atoms with Gasteiger partial charge in [-0.25, -0.2) is 0 Å². The van der Waals surface area contributed by atoms with E-state index in [4.69, 9.17) is 14.2 Å². The Kier molecular flexibility index (Phi) is 9.96. The van der Waals surface area contributed by atoms with Crippen LogP contribution in [0.1, 0.15) is 56.4 Å². The van der Waals surface area contributed by atoms with Crippen molar-refractivity contribution < 1.29 is 24.1 Å². The molecule has 0 spiro atoms. The molecule has 2 N–H and O–H groups in total. The van der Waals surface area contributed by atoms with E-state index in [1.54, 1.807) is 14.2 Å². The molecule has 1 atom stereocenters. The Labute approximate surface area is 223 Å². The molecular weight excluding hydrogens is 480 g/mol. The van der Waals surface area contributed by atoms with Gasteiger partial charge >= 0.3 is 0 Å². The van der Waals surface area contributed by atoms with Gasteiger partial charge in [-0.3, -0.25) is 0 Å². The van der Waals surface area contributed by atoms with E-state index in [0.29, 0.717) is 30.1 Å². The number of methoxy groups -OCH3 is 2. The summed E-state index contributed by atoms with van der Waals surface area (Å²) >= 11 is 0. The lowest BCUT2D eigenvalue weighted by Gasteiger charge is -2.42. The van der Waals surface area contributed by atoms with E-state index in [2.05, 4.69) is 20.8 Å². The quantitative estimate of drug-likeness (QED) is 0.246. The van der Waals surface area contributed by atoms with Crippen LogP contribution in [0.15, 0.2) is 66.7 Å². The predicted molar refractivity (Wildman–Crippen MR) is 153 cm³/mol. The third kappa shape index (κ3) is 6.09. The van der Waals surface area contributed by atoms with Crippen molar-refractivity contribution in [2.75, 3.05) is 27.4 Å². The lowest BCUT2D eigenvalue weighted by atomic mass is 9.93. The van der Waals surface area contributed by atoms with Gasteiger partial charge in [0, 0.05) is 12.2 Å². The molecule has 0 saturated heterocycles. The molecule has 0 aliphatic rings. The molecule has 0 radical (unpaired) electrons. The van der Waals surface area contributed by atoms with Gasteiger partial charge in [-0.2, -0.15) is 0 Å². The fourth-order valence-electron chi connectivity index (χ4n) is 5.14. The Morgan fingerprint density at radius 1 is 0.892 bits per heavy atom. The van der Waals surface area contributed by atoms with E-state index in [0.717, 1.165) is 34.3 Å². The second-order valence-electron chi connectivity index (χ2n) is 10.3. The van der Waals surface area contributed by atoms with Crippen molar-refractivity contribution in [3.05, 3.63) is 83.4 Å². The van der Waals surface area contributed by atoms with E-state index >= 15 is 0 Å². The SMILES string of the molecule is CCCCOC[C@H](O)c1cc(CC(C)(C)[Si](O)(c2ccccc2)c2ccccc2)c(C)c(OC)c1OC. The Hall–Kier alpha value is -2.64. The molecule has 0 aliphatic heterocycles. The summed E-state index contributed by atoms with van der Waals surface area (Å²) in [4.78, 5) is 12.6. The molecule has 3 aromatic rings. The summed E-state index contributed by atoms with van der Waals surface area (Å²) in [5.41, 5.74) is 2.58. The molecule has 0 fully saturated rings. The second kappa shape index (κ2) is 12.7. The summed E-state index contributed by atoms with van der Waals surface area (Å²) in [6.07, 6.45) is 1.71. The zero-order valence-electron chi connectivity index (χ0n) is 23.1. The van der Waals surface area contributed by atoms with Crippen molar-refractivity contribution in [1.82, 2.24) is 0 Å². The highest BCUT2D eigenvalue weighted by Crippen LogP contribution is 2.45. The molecular formula is C31H42O5Si. The van der Waals surface area contributed by atoms with E-state index in [1.165, 1.54) is 0 Å². The maximum atomic E-state index is 12.6. The molecule has 0 unspecified atom stereocenters. The summed E-state index contributed by atoms with van der Waals surface area (Å²) < 4.78 is 17.2. The van der Waals surface area contributed by atoms with E-state index in [-0.39, 0.29) is 6.61 Å². The van der Waals surface area contributed by atoms with Crippen LogP contribution >= 0.6 is 0 Å². The molecule has 3 rings (SSSR count). The normalized spacial score (nSPS) is 12.9. The van der Waals surface area contributed by atoms with Gasteiger partial charge in [0.05, 0.1) is 20.8 Å². The van der Waals surface area contributed by atoms with Crippen molar-refractivity contribution in [2.45, 2.75) is 58.1 Å². The number of benzene rings is 3. The molecule has 0 bridgehead atoms. The largest absolute Gasteiger partial charge is 0.493 e. The average molecular weight is 523 g/mol. The third-order valence-electron chi connectivity index (χ3n) is 7.30. The smallest absolute Gasteiger partial charge is 0.258 e. The van der Waals surface area contributed by atoms with Gasteiger partial charge in [0.2, 0.25) is 0 Å². The molecule has 200 valence electrons. The molecule has 0 saturated carbocycles. The standard InChI is InChI=1S/C31H42O5Si/c1-7-8-19-36-22-28(32)27-20-24(23(2)29(34-5)30(27)35-6)21-31(3,4)37(33,25-15-11-9-12-16-25)26-17-13-10-14-18-26/h9-18,20,28,32-33H,7-8,19,21-22H2,1-6H3/t28-/m0/s1. The molecule has 0 heterocycles.